The Hall–Kier alpha value is -1.24. The van der Waals surface area contributed by atoms with Crippen molar-refractivity contribution < 1.29 is 4.79 Å². The molecular weight excluding hydrogens is 277 g/mol. The topological polar surface area (TPSA) is 83.3 Å². The monoisotopic (exact) mass is 291 g/mol. The van der Waals surface area contributed by atoms with E-state index in [4.69, 9.17) is 29.0 Å². The van der Waals surface area contributed by atoms with Crippen molar-refractivity contribution in [3.05, 3.63) is 16.1 Å². The quantitative estimate of drug-likeness (QED) is 0.566. The molecule has 0 saturated heterocycles. The molecule has 0 atom stereocenters. The van der Waals surface area contributed by atoms with Crippen molar-refractivity contribution in [2.24, 2.45) is 5.84 Å². The number of hydrogen-bond donors (Lipinski definition) is 3. The van der Waals surface area contributed by atoms with Crippen molar-refractivity contribution in [2.45, 2.75) is 6.42 Å². The highest BCUT2D eigenvalue weighted by Crippen LogP contribution is 2.28. The lowest BCUT2D eigenvalue weighted by atomic mass is 10.3. The summed E-state index contributed by atoms with van der Waals surface area (Å²) in [4.78, 5) is 17.0. The normalized spacial score (nSPS) is 10.1. The number of nitrogens with two attached hydrogens (primary N) is 1. The first-order chi connectivity index (χ1) is 8.45. The van der Waals surface area contributed by atoms with E-state index in [0.717, 1.165) is 0 Å². The molecule has 0 aliphatic heterocycles. The molecule has 0 spiro atoms. The highest BCUT2D eigenvalue weighted by atomic mass is 35.5. The molecule has 6 nitrogen and oxygen atoms in total. The lowest BCUT2D eigenvalue weighted by Crippen LogP contribution is -2.24. The van der Waals surface area contributed by atoms with Crippen LogP contribution in [0.1, 0.15) is 6.42 Å². The molecule has 0 fully saturated rings. The number of hydrazine groups is 1. The minimum atomic E-state index is 0.0183. The van der Waals surface area contributed by atoms with E-state index in [2.05, 4.69) is 15.7 Å². The lowest BCUT2D eigenvalue weighted by molar-refractivity contribution is -0.128. The number of halogens is 2. The molecule has 0 aliphatic carbocycles. The summed E-state index contributed by atoms with van der Waals surface area (Å²) in [6.45, 7) is 0.426. The molecule has 1 aromatic rings. The van der Waals surface area contributed by atoms with Gasteiger partial charge in [0, 0.05) is 27.1 Å². The average Bonchev–Trinajstić information content (AvgIpc) is 2.31. The van der Waals surface area contributed by atoms with E-state index in [9.17, 15) is 4.79 Å². The molecule has 100 valence electrons. The predicted molar refractivity (Wildman–Crippen MR) is 73.9 cm³/mol. The summed E-state index contributed by atoms with van der Waals surface area (Å²) < 4.78 is 0. The van der Waals surface area contributed by atoms with Gasteiger partial charge in [0.25, 0.3) is 0 Å². The number of aromatic nitrogens is 1. The first-order valence-electron chi connectivity index (χ1n) is 5.22. The number of hydrogen-bond acceptors (Lipinski definition) is 5. The van der Waals surface area contributed by atoms with Gasteiger partial charge in [-0.2, -0.15) is 0 Å². The van der Waals surface area contributed by atoms with Crippen molar-refractivity contribution >= 4 is 40.7 Å². The molecule has 18 heavy (non-hydrogen) atoms. The van der Waals surface area contributed by atoms with E-state index in [1.165, 1.54) is 11.0 Å². The number of rotatable bonds is 5. The van der Waals surface area contributed by atoms with Crippen LogP contribution in [-0.2, 0) is 4.79 Å². The highest BCUT2D eigenvalue weighted by molar-refractivity contribution is 6.37. The van der Waals surface area contributed by atoms with Gasteiger partial charge in [-0.15, -0.1) is 0 Å². The molecule has 4 N–H and O–H groups in total. The summed E-state index contributed by atoms with van der Waals surface area (Å²) in [5, 5.41) is 3.66. The molecule has 1 rings (SSSR count). The van der Waals surface area contributed by atoms with Crippen LogP contribution in [0.3, 0.4) is 0 Å². The van der Waals surface area contributed by atoms with Gasteiger partial charge in [0.1, 0.15) is 5.82 Å². The number of anilines is 2. The van der Waals surface area contributed by atoms with E-state index >= 15 is 0 Å². The van der Waals surface area contributed by atoms with Gasteiger partial charge in [0.05, 0.1) is 10.0 Å². The molecule has 1 heterocycles. The van der Waals surface area contributed by atoms with E-state index in [1.54, 1.807) is 14.1 Å². The van der Waals surface area contributed by atoms with Crippen molar-refractivity contribution in [1.29, 1.82) is 0 Å². The second kappa shape index (κ2) is 6.63. The fourth-order valence-electron chi connectivity index (χ4n) is 1.20. The van der Waals surface area contributed by atoms with E-state index in [1.807, 2.05) is 0 Å². The Bertz CT molecular complexity index is 439. The van der Waals surface area contributed by atoms with Crippen molar-refractivity contribution in [3.8, 4) is 0 Å². The molecule has 1 amide bonds. The Kier molecular flexibility index (Phi) is 5.46. The zero-order valence-electron chi connectivity index (χ0n) is 10.1. The molecule has 0 saturated carbocycles. The Morgan fingerprint density at radius 2 is 2.00 bits per heavy atom. The average molecular weight is 292 g/mol. The lowest BCUT2D eigenvalue weighted by Gasteiger charge is -2.12. The van der Waals surface area contributed by atoms with Crippen LogP contribution in [0.5, 0.6) is 0 Å². The van der Waals surface area contributed by atoms with Crippen LogP contribution in [0, 0.1) is 0 Å². The van der Waals surface area contributed by atoms with Crippen molar-refractivity contribution in [1.82, 2.24) is 9.88 Å². The van der Waals surface area contributed by atoms with E-state index in [-0.39, 0.29) is 5.91 Å². The molecule has 1 aromatic heterocycles. The molecular formula is C10H15Cl2N5O. The van der Waals surface area contributed by atoms with Gasteiger partial charge in [-0.1, -0.05) is 23.2 Å². The van der Waals surface area contributed by atoms with Gasteiger partial charge in [0.15, 0.2) is 5.82 Å². The van der Waals surface area contributed by atoms with Crippen molar-refractivity contribution in [2.75, 3.05) is 31.4 Å². The summed E-state index contributed by atoms with van der Waals surface area (Å²) in [6.07, 6.45) is 0.346. The molecule has 0 aromatic carbocycles. The molecule has 0 bridgehead atoms. The van der Waals surface area contributed by atoms with Crippen LogP contribution >= 0.6 is 23.2 Å². The fourth-order valence-corrected chi connectivity index (χ4v) is 1.68. The van der Waals surface area contributed by atoms with Crippen molar-refractivity contribution in [3.63, 3.8) is 0 Å². The van der Waals surface area contributed by atoms with Gasteiger partial charge in [-0.05, 0) is 6.07 Å². The van der Waals surface area contributed by atoms with Gasteiger partial charge in [-0.3, -0.25) is 4.79 Å². The second-order valence-electron chi connectivity index (χ2n) is 3.76. The Balaban J connectivity index is 2.65. The third-order valence-electron chi connectivity index (χ3n) is 2.20. The number of pyridine rings is 1. The third-order valence-corrected chi connectivity index (χ3v) is 2.77. The van der Waals surface area contributed by atoms with Gasteiger partial charge < -0.3 is 15.6 Å². The Morgan fingerprint density at radius 3 is 2.56 bits per heavy atom. The Morgan fingerprint density at radius 1 is 1.39 bits per heavy atom. The number of carbonyl (C=O) groups is 1. The maximum atomic E-state index is 11.4. The smallest absolute Gasteiger partial charge is 0.223 e. The molecule has 0 aliphatic rings. The zero-order chi connectivity index (χ0) is 13.7. The SMILES string of the molecule is CN(C)C(=O)CCNc1nc(NN)c(Cl)cc1Cl. The first-order valence-corrected chi connectivity index (χ1v) is 5.98. The van der Waals surface area contributed by atoms with Crippen LogP contribution in [0.15, 0.2) is 6.07 Å². The van der Waals surface area contributed by atoms with Crippen LogP contribution in [0.2, 0.25) is 10.0 Å². The number of carbonyl (C=O) groups excluding carboxylic acids is 1. The predicted octanol–water partition coefficient (Wildman–Crippen LogP) is 1.56. The van der Waals surface area contributed by atoms with Gasteiger partial charge in [-0.25, -0.2) is 10.8 Å². The number of nitrogen functional groups attached to an aromatic ring is 1. The number of nitrogens with one attached hydrogen (secondary N) is 2. The zero-order valence-corrected chi connectivity index (χ0v) is 11.6. The van der Waals surface area contributed by atoms with Crippen LogP contribution < -0.4 is 16.6 Å². The standard InChI is InChI=1S/C10H15Cl2N5O/c1-17(2)8(18)3-4-14-9-6(11)5-7(12)10(15-9)16-13/h5H,3-4,13H2,1-2H3,(H2,14,15,16). The van der Waals surface area contributed by atoms with Crippen LogP contribution in [0.4, 0.5) is 11.6 Å². The molecule has 0 unspecified atom stereocenters. The van der Waals surface area contributed by atoms with Crippen LogP contribution in [0.25, 0.3) is 0 Å². The Labute approximate surface area is 115 Å². The van der Waals surface area contributed by atoms with Gasteiger partial charge >= 0.3 is 0 Å². The summed E-state index contributed by atoms with van der Waals surface area (Å²) in [5.41, 5.74) is 2.36. The largest absolute Gasteiger partial charge is 0.368 e. The second-order valence-corrected chi connectivity index (χ2v) is 4.57. The summed E-state index contributed by atoms with van der Waals surface area (Å²) in [6, 6.07) is 1.53. The number of nitrogens with zero attached hydrogens (tertiary/aromatic N) is 2. The minimum Gasteiger partial charge on any atom is -0.368 e. The summed E-state index contributed by atoms with van der Waals surface area (Å²) in [5.74, 6) is 6.03. The van der Waals surface area contributed by atoms with Gasteiger partial charge in [0.2, 0.25) is 5.91 Å². The number of amides is 1. The van der Waals surface area contributed by atoms with E-state index < -0.39 is 0 Å². The maximum Gasteiger partial charge on any atom is 0.223 e. The molecule has 8 heteroatoms. The third kappa shape index (κ3) is 3.90. The van der Waals surface area contributed by atoms with E-state index in [0.29, 0.717) is 34.6 Å². The maximum absolute atomic E-state index is 11.4. The first kappa shape index (κ1) is 14.8. The summed E-state index contributed by atoms with van der Waals surface area (Å²) >= 11 is 11.8. The fraction of sp³-hybridized carbons (Fsp3) is 0.400. The minimum absolute atomic E-state index is 0.0183. The highest BCUT2D eigenvalue weighted by Gasteiger charge is 2.09. The molecule has 0 radical (unpaired) electrons. The van der Waals surface area contributed by atoms with Crippen LogP contribution in [-0.4, -0.2) is 36.4 Å². The summed E-state index contributed by atoms with van der Waals surface area (Å²) in [7, 11) is 3.40.